The van der Waals surface area contributed by atoms with Crippen LogP contribution >= 0.6 is 7.82 Å². The quantitative estimate of drug-likeness (QED) is 0.0272. The molecule has 0 fully saturated rings. The number of aliphatic hydroxyl groups excluding tert-OH is 1. The molecule has 0 aromatic carbocycles. The van der Waals surface area contributed by atoms with Crippen molar-refractivity contribution < 1.29 is 32.9 Å². The zero-order valence-corrected chi connectivity index (χ0v) is 52.0. The van der Waals surface area contributed by atoms with Crippen LogP contribution in [0.2, 0.25) is 0 Å². The van der Waals surface area contributed by atoms with E-state index in [0.717, 1.165) is 116 Å². The number of phosphoric acid groups is 1. The van der Waals surface area contributed by atoms with Gasteiger partial charge in [0.25, 0.3) is 7.82 Å². The average molecular weight is 1110 g/mol. The van der Waals surface area contributed by atoms with E-state index in [1.807, 2.05) is 21.1 Å². The number of carbonyl (C=O) groups excluding carboxylic acids is 1. The molecule has 0 aliphatic carbocycles. The molecule has 8 nitrogen and oxygen atoms in total. The lowest BCUT2D eigenvalue weighted by Gasteiger charge is -2.30. The molecule has 0 rings (SSSR count). The van der Waals surface area contributed by atoms with E-state index in [2.05, 4.69) is 141 Å². The highest BCUT2D eigenvalue weighted by Crippen LogP contribution is 2.38. The van der Waals surface area contributed by atoms with Gasteiger partial charge < -0.3 is 28.8 Å². The molecule has 9 heteroatoms. The van der Waals surface area contributed by atoms with Gasteiger partial charge in [-0.15, -0.1) is 0 Å². The Hall–Kier alpha value is -3.10. The molecule has 78 heavy (non-hydrogen) atoms. The van der Waals surface area contributed by atoms with Crippen LogP contribution in [0.25, 0.3) is 0 Å². The summed E-state index contributed by atoms with van der Waals surface area (Å²) in [5.74, 6) is -0.182. The highest BCUT2D eigenvalue weighted by atomic mass is 31.2. The van der Waals surface area contributed by atoms with Crippen LogP contribution in [0.3, 0.4) is 0 Å². The van der Waals surface area contributed by atoms with Gasteiger partial charge in [0.2, 0.25) is 5.91 Å². The summed E-state index contributed by atoms with van der Waals surface area (Å²) in [4.78, 5) is 25.6. The Balaban J connectivity index is 4.18. The lowest BCUT2D eigenvalue weighted by molar-refractivity contribution is -0.870. The molecule has 0 saturated carbocycles. The molecule has 0 radical (unpaired) electrons. The van der Waals surface area contributed by atoms with E-state index in [4.69, 9.17) is 9.05 Å². The van der Waals surface area contributed by atoms with E-state index in [1.54, 1.807) is 0 Å². The molecule has 2 N–H and O–H groups in total. The first kappa shape index (κ1) is 74.9. The SMILES string of the molecule is CC/C=C\C/C=C\C/C=C\C/C=C\C/C=C\C/C=C\C/C=C\C/C=C\C/C=C\C/C=C\CCCCCCCCC(=O)NC(COP(=O)([O-])OCC[N+](C)(C)C)C(O)CCCCCCCCCCCCCCCCCCCCC. The number of likely N-dealkylation sites (N-methyl/N-ethyl adjacent to an activating group) is 1. The second kappa shape index (κ2) is 58.6. The van der Waals surface area contributed by atoms with Gasteiger partial charge in [-0.25, -0.2) is 0 Å². The molecule has 0 aliphatic heterocycles. The zero-order valence-electron chi connectivity index (χ0n) is 51.1. The van der Waals surface area contributed by atoms with Crippen molar-refractivity contribution in [3.05, 3.63) is 122 Å². The number of allylic oxidation sites excluding steroid dienone is 20. The lowest BCUT2D eigenvalue weighted by Crippen LogP contribution is -2.46. The van der Waals surface area contributed by atoms with Crippen LogP contribution in [0.1, 0.15) is 258 Å². The van der Waals surface area contributed by atoms with Crippen molar-refractivity contribution in [3.8, 4) is 0 Å². The Morgan fingerprint density at radius 2 is 0.782 bits per heavy atom. The van der Waals surface area contributed by atoms with E-state index in [9.17, 15) is 19.4 Å². The average Bonchev–Trinajstić information content (AvgIpc) is 3.41. The zero-order chi connectivity index (χ0) is 57.0. The number of hydrogen-bond donors (Lipinski definition) is 2. The van der Waals surface area contributed by atoms with Crippen LogP contribution in [-0.4, -0.2) is 68.5 Å². The molecule has 0 aliphatic rings. The highest BCUT2D eigenvalue weighted by Gasteiger charge is 2.24. The number of carbonyl (C=O) groups is 1. The van der Waals surface area contributed by atoms with Gasteiger partial charge in [0, 0.05) is 6.42 Å². The summed E-state index contributed by atoms with van der Waals surface area (Å²) in [5, 5.41) is 14.0. The number of unbranched alkanes of at least 4 members (excludes halogenated alkanes) is 24. The number of rotatable bonds is 57. The fourth-order valence-corrected chi connectivity index (χ4v) is 9.50. The van der Waals surface area contributed by atoms with Gasteiger partial charge in [-0.3, -0.25) is 9.36 Å². The smallest absolute Gasteiger partial charge is 0.268 e. The van der Waals surface area contributed by atoms with Gasteiger partial charge in [0.05, 0.1) is 39.9 Å². The summed E-state index contributed by atoms with van der Waals surface area (Å²) < 4.78 is 23.5. The van der Waals surface area contributed by atoms with Gasteiger partial charge in [-0.1, -0.05) is 283 Å². The van der Waals surface area contributed by atoms with Crippen molar-refractivity contribution in [2.45, 2.75) is 270 Å². The minimum atomic E-state index is -4.59. The number of aliphatic hydroxyl groups is 1. The topological polar surface area (TPSA) is 108 Å². The number of hydrogen-bond acceptors (Lipinski definition) is 6. The normalized spacial score (nSPS) is 14.6. The Morgan fingerprint density at radius 3 is 1.14 bits per heavy atom. The van der Waals surface area contributed by atoms with Crippen molar-refractivity contribution in [2.24, 2.45) is 0 Å². The number of nitrogens with zero attached hydrogens (tertiary/aromatic N) is 1. The fourth-order valence-electron chi connectivity index (χ4n) is 8.77. The maximum absolute atomic E-state index is 13.0. The molecule has 0 aromatic rings. The number of amides is 1. The summed E-state index contributed by atoms with van der Waals surface area (Å²) in [6.45, 7) is 4.60. The molecular weight excluding hydrogens is 984 g/mol. The second-order valence-corrected chi connectivity index (χ2v) is 23.8. The lowest BCUT2D eigenvalue weighted by atomic mass is 10.0. The summed E-state index contributed by atoms with van der Waals surface area (Å²) in [7, 11) is 1.28. The summed E-state index contributed by atoms with van der Waals surface area (Å²) in [6, 6.07) is -0.818. The van der Waals surface area contributed by atoms with Crippen LogP contribution in [0.15, 0.2) is 122 Å². The maximum atomic E-state index is 13.0. The molecule has 1 amide bonds. The predicted molar refractivity (Wildman–Crippen MR) is 339 cm³/mol. The molecule has 3 unspecified atom stereocenters. The molecule has 448 valence electrons. The maximum Gasteiger partial charge on any atom is 0.268 e. The first-order chi connectivity index (χ1) is 38.0. The van der Waals surface area contributed by atoms with Gasteiger partial charge >= 0.3 is 0 Å². The molecule has 3 atom stereocenters. The number of nitrogens with one attached hydrogen (secondary N) is 1. The molecule has 0 saturated heterocycles. The minimum Gasteiger partial charge on any atom is -0.756 e. The summed E-state index contributed by atoms with van der Waals surface area (Å²) >= 11 is 0. The van der Waals surface area contributed by atoms with Crippen molar-refractivity contribution in [2.75, 3.05) is 40.9 Å². The van der Waals surface area contributed by atoms with Crippen molar-refractivity contribution in [3.63, 3.8) is 0 Å². The van der Waals surface area contributed by atoms with Gasteiger partial charge in [-0.05, 0) is 89.9 Å². The van der Waals surface area contributed by atoms with Crippen LogP contribution < -0.4 is 10.2 Å². The second-order valence-electron chi connectivity index (χ2n) is 22.4. The molecule has 0 aromatic heterocycles. The predicted octanol–water partition coefficient (Wildman–Crippen LogP) is 19.5. The van der Waals surface area contributed by atoms with Crippen LogP contribution in [-0.2, 0) is 18.4 Å². The molecule has 0 bridgehead atoms. The van der Waals surface area contributed by atoms with E-state index < -0.39 is 20.0 Å². The molecule has 0 heterocycles. The van der Waals surface area contributed by atoms with E-state index in [-0.39, 0.29) is 19.1 Å². The van der Waals surface area contributed by atoms with Gasteiger partial charge in [0.1, 0.15) is 13.2 Å². The third-order valence-corrected chi connectivity index (χ3v) is 14.7. The monoisotopic (exact) mass is 1100 g/mol. The van der Waals surface area contributed by atoms with Crippen LogP contribution in [0.5, 0.6) is 0 Å². The summed E-state index contributed by atoms with van der Waals surface area (Å²) in [5.41, 5.74) is 0. The van der Waals surface area contributed by atoms with E-state index in [1.165, 1.54) is 116 Å². The van der Waals surface area contributed by atoms with Crippen molar-refractivity contribution in [1.29, 1.82) is 0 Å². The van der Waals surface area contributed by atoms with Gasteiger partial charge in [-0.2, -0.15) is 0 Å². The third kappa shape index (κ3) is 60.5. The number of phosphoric ester groups is 1. The largest absolute Gasteiger partial charge is 0.756 e. The van der Waals surface area contributed by atoms with Crippen molar-refractivity contribution >= 4 is 13.7 Å². The third-order valence-electron chi connectivity index (χ3n) is 13.7. The Bertz CT molecular complexity index is 1680. The van der Waals surface area contributed by atoms with Crippen LogP contribution in [0.4, 0.5) is 0 Å². The Labute approximate surface area is 482 Å². The number of quaternary nitrogens is 1. The molecule has 0 spiro atoms. The first-order valence-electron chi connectivity index (χ1n) is 31.9. The van der Waals surface area contributed by atoms with Gasteiger partial charge in [0.15, 0.2) is 0 Å². The Kier molecular flexibility index (Phi) is 56.2. The summed E-state index contributed by atoms with van der Waals surface area (Å²) in [6.07, 6.45) is 86.7. The first-order valence-corrected chi connectivity index (χ1v) is 33.3. The van der Waals surface area contributed by atoms with Crippen LogP contribution in [0, 0.1) is 0 Å². The minimum absolute atomic E-state index is 0.00330. The van der Waals surface area contributed by atoms with Crippen molar-refractivity contribution in [1.82, 2.24) is 5.32 Å². The van der Waals surface area contributed by atoms with E-state index >= 15 is 0 Å². The Morgan fingerprint density at radius 1 is 0.462 bits per heavy atom. The highest BCUT2D eigenvalue weighted by molar-refractivity contribution is 7.45. The fraction of sp³-hybridized carbons (Fsp3) is 0.696. The standard InChI is InChI=1S/C69H121N2O6P/c1-6-8-10-12-14-16-18-20-22-24-26-27-28-29-30-31-32-33-34-35-36-37-38-39-40-41-42-43-45-47-49-51-53-55-57-59-61-63-69(73)70-67(66-77-78(74,75)76-65-64-71(3,4)5)68(72)62-60-58-56-54-52-50-48-46-44-25-23-21-19-17-15-13-11-9-7-2/h8,10,14,16,20,22,26-27,29-30,32-33,35-36,38-39,41-42,45,47,67-68,72H,6-7,9,11-13,15,17-19,21,23-25,28,31,34,37,40,43-44,46,48-66H2,1-5H3,(H-,70,73,74,75)/b10-8-,16-14-,22-20-,27-26-,30-29-,33-32-,36-35-,39-38-,42-41-,47-45-. The molecular formula is C69H121N2O6P. The van der Waals surface area contributed by atoms with E-state index in [0.29, 0.717) is 23.9 Å².